The van der Waals surface area contributed by atoms with Gasteiger partial charge in [-0.1, -0.05) is 66.8 Å². The highest BCUT2D eigenvalue weighted by molar-refractivity contribution is 5.82. The molecule has 0 aliphatic carbocycles. The SMILES string of the molecule is C=N/C(=C(C)\C=C(/C)c1ncc(-c2cccnc2)cc1/C=C/c1ccccc1)c1cccc(O)c1. The van der Waals surface area contributed by atoms with Crippen LogP contribution in [-0.2, 0) is 0 Å². The Kier molecular flexibility index (Phi) is 7.44. The molecule has 0 bridgehead atoms. The maximum absolute atomic E-state index is 9.89. The van der Waals surface area contributed by atoms with Crippen molar-refractivity contribution < 1.29 is 5.11 Å². The molecule has 0 amide bonds. The minimum Gasteiger partial charge on any atom is -0.508 e. The van der Waals surface area contributed by atoms with Gasteiger partial charge >= 0.3 is 0 Å². The molecule has 1 N–H and O–H groups in total. The molecule has 4 aromatic rings. The lowest BCUT2D eigenvalue weighted by Gasteiger charge is -2.11. The van der Waals surface area contributed by atoms with Crippen molar-refractivity contribution in [3.8, 4) is 16.9 Å². The van der Waals surface area contributed by atoms with Gasteiger partial charge < -0.3 is 5.11 Å². The number of pyridine rings is 2. The normalized spacial score (nSPS) is 12.5. The standard InChI is InChI=1S/C31H27N3O/c1-22(30(32-3)25-11-7-13-29(35)19-25)17-23(2)31-26(15-14-24-9-5-4-6-10-24)18-28(21-34-31)27-12-8-16-33-20-27/h4-21,35H,3H2,1-2H3/b15-14+,23-17+,30-22-. The zero-order valence-electron chi connectivity index (χ0n) is 19.9. The van der Waals surface area contributed by atoms with Crippen molar-refractivity contribution in [3.05, 3.63) is 125 Å². The fourth-order valence-electron chi connectivity index (χ4n) is 3.94. The molecule has 4 nitrogen and oxygen atoms in total. The lowest BCUT2D eigenvalue weighted by Crippen LogP contribution is -1.94. The number of phenolic OH excluding ortho intramolecular Hbond substituents is 1. The molecule has 0 saturated carbocycles. The van der Waals surface area contributed by atoms with Gasteiger partial charge in [-0.2, -0.15) is 0 Å². The Morgan fingerprint density at radius 2 is 1.71 bits per heavy atom. The number of benzene rings is 2. The Bertz CT molecular complexity index is 1420. The summed E-state index contributed by atoms with van der Waals surface area (Å²) in [6.45, 7) is 7.77. The Labute approximate surface area is 206 Å². The summed E-state index contributed by atoms with van der Waals surface area (Å²) in [5.41, 5.74) is 8.46. The van der Waals surface area contributed by atoms with Gasteiger partial charge in [-0.15, -0.1) is 0 Å². The molecule has 0 aliphatic rings. The largest absolute Gasteiger partial charge is 0.508 e. The van der Waals surface area contributed by atoms with E-state index in [0.29, 0.717) is 5.70 Å². The van der Waals surface area contributed by atoms with Gasteiger partial charge in [0.05, 0.1) is 11.4 Å². The van der Waals surface area contributed by atoms with Crippen LogP contribution < -0.4 is 0 Å². The highest BCUT2D eigenvalue weighted by Gasteiger charge is 2.10. The molecule has 172 valence electrons. The van der Waals surface area contributed by atoms with Gasteiger partial charge in [0.1, 0.15) is 5.75 Å². The quantitative estimate of drug-likeness (QED) is 0.230. The second-order valence-corrected chi connectivity index (χ2v) is 8.21. The van der Waals surface area contributed by atoms with Gasteiger partial charge in [0, 0.05) is 40.8 Å². The van der Waals surface area contributed by atoms with E-state index >= 15 is 0 Å². The van der Waals surface area contributed by atoms with Crippen LogP contribution in [0.2, 0.25) is 0 Å². The summed E-state index contributed by atoms with van der Waals surface area (Å²) < 4.78 is 0. The van der Waals surface area contributed by atoms with E-state index in [-0.39, 0.29) is 5.75 Å². The predicted molar refractivity (Wildman–Crippen MR) is 147 cm³/mol. The number of hydrogen-bond donors (Lipinski definition) is 1. The zero-order valence-corrected chi connectivity index (χ0v) is 19.9. The van der Waals surface area contributed by atoms with E-state index in [2.05, 4.69) is 53.1 Å². The molecule has 2 heterocycles. The Hall–Kier alpha value is -4.57. The van der Waals surface area contributed by atoms with E-state index in [1.165, 1.54) is 0 Å². The fourth-order valence-corrected chi connectivity index (χ4v) is 3.94. The molecular weight excluding hydrogens is 430 g/mol. The summed E-state index contributed by atoms with van der Waals surface area (Å²) in [5.74, 6) is 0.193. The first-order chi connectivity index (χ1) is 17.0. The molecule has 0 radical (unpaired) electrons. The maximum Gasteiger partial charge on any atom is 0.116 e. The average Bonchev–Trinajstić information content (AvgIpc) is 2.89. The summed E-state index contributed by atoms with van der Waals surface area (Å²) in [5, 5.41) is 9.89. The molecule has 0 spiro atoms. The molecule has 0 aliphatic heterocycles. The molecule has 0 fully saturated rings. The van der Waals surface area contributed by atoms with Gasteiger partial charge in [0.15, 0.2) is 0 Å². The van der Waals surface area contributed by atoms with Crippen LogP contribution in [0.3, 0.4) is 0 Å². The average molecular weight is 458 g/mol. The number of aromatic hydroxyl groups is 1. The monoisotopic (exact) mass is 457 g/mol. The maximum atomic E-state index is 9.89. The minimum atomic E-state index is 0.193. The van der Waals surface area contributed by atoms with E-state index in [9.17, 15) is 5.11 Å². The summed E-state index contributed by atoms with van der Waals surface area (Å²) >= 11 is 0. The highest BCUT2D eigenvalue weighted by atomic mass is 16.3. The van der Waals surface area contributed by atoms with Crippen molar-refractivity contribution in [3.63, 3.8) is 0 Å². The third-order valence-corrected chi connectivity index (χ3v) is 5.62. The van der Waals surface area contributed by atoms with Gasteiger partial charge in [-0.25, -0.2) is 0 Å². The van der Waals surface area contributed by atoms with E-state index in [4.69, 9.17) is 4.98 Å². The number of aromatic nitrogens is 2. The number of allylic oxidation sites excluding steroid dienone is 3. The summed E-state index contributed by atoms with van der Waals surface area (Å²) in [6.07, 6.45) is 11.7. The first kappa shape index (κ1) is 23.6. The number of aliphatic imine (C=N–C) groups is 1. The fraction of sp³-hybridized carbons (Fsp3) is 0.0645. The molecule has 35 heavy (non-hydrogen) atoms. The predicted octanol–water partition coefficient (Wildman–Crippen LogP) is 7.55. The molecule has 4 rings (SSSR count). The molecule has 2 aromatic heterocycles. The number of phenols is 1. The summed E-state index contributed by atoms with van der Waals surface area (Å²) in [6, 6.07) is 23.3. The molecule has 0 unspecified atom stereocenters. The van der Waals surface area contributed by atoms with E-state index in [1.807, 2.05) is 62.6 Å². The molecule has 0 saturated heterocycles. The third kappa shape index (κ3) is 5.87. The van der Waals surface area contributed by atoms with Crippen LogP contribution in [-0.4, -0.2) is 21.8 Å². The second-order valence-electron chi connectivity index (χ2n) is 8.21. The summed E-state index contributed by atoms with van der Waals surface area (Å²) in [4.78, 5) is 13.3. The Morgan fingerprint density at radius 1 is 0.886 bits per heavy atom. The first-order valence-electron chi connectivity index (χ1n) is 11.3. The molecule has 4 heteroatoms. The van der Waals surface area contributed by atoms with Crippen molar-refractivity contribution in [1.82, 2.24) is 9.97 Å². The first-order valence-corrected chi connectivity index (χ1v) is 11.3. The van der Waals surface area contributed by atoms with Gasteiger partial charge in [0.2, 0.25) is 0 Å². The molecular formula is C31H27N3O. The number of nitrogens with zero attached hydrogens (tertiary/aromatic N) is 3. The van der Waals surface area contributed by atoms with Crippen molar-refractivity contribution >= 4 is 30.1 Å². The van der Waals surface area contributed by atoms with Crippen molar-refractivity contribution in [2.24, 2.45) is 4.99 Å². The second kappa shape index (κ2) is 11.0. The molecule has 0 atom stereocenters. The molecule has 2 aromatic carbocycles. The van der Waals surface area contributed by atoms with Crippen molar-refractivity contribution in [2.45, 2.75) is 13.8 Å². The van der Waals surface area contributed by atoms with Gasteiger partial charge in [0.25, 0.3) is 0 Å². The Balaban J connectivity index is 1.79. The number of hydrogen-bond acceptors (Lipinski definition) is 4. The van der Waals surface area contributed by atoms with Crippen LogP contribution >= 0.6 is 0 Å². The number of rotatable bonds is 7. The minimum absolute atomic E-state index is 0.193. The lowest BCUT2D eigenvalue weighted by molar-refractivity contribution is 0.475. The van der Waals surface area contributed by atoms with Gasteiger partial charge in [-0.3, -0.25) is 15.0 Å². The topological polar surface area (TPSA) is 58.4 Å². The van der Waals surface area contributed by atoms with Gasteiger partial charge in [-0.05, 0) is 61.5 Å². The zero-order chi connectivity index (χ0) is 24.6. The summed E-state index contributed by atoms with van der Waals surface area (Å²) in [7, 11) is 0. The van der Waals surface area contributed by atoms with Crippen molar-refractivity contribution in [2.75, 3.05) is 0 Å². The van der Waals surface area contributed by atoms with E-state index < -0.39 is 0 Å². The van der Waals surface area contributed by atoms with Crippen LogP contribution in [0, 0.1) is 0 Å². The lowest BCUT2D eigenvalue weighted by atomic mass is 9.99. The van der Waals surface area contributed by atoms with Crippen LogP contribution in [0.5, 0.6) is 5.75 Å². The Morgan fingerprint density at radius 3 is 2.43 bits per heavy atom. The van der Waals surface area contributed by atoms with Crippen LogP contribution in [0.25, 0.3) is 34.5 Å². The van der Waals surface area contributed by atoms with Crippen LogP contribution in [0.1, 0.15) is 36.2 Å². The van der Waals surface area contributed by atoms with E-state index in [1.54, 1.807) is 24.4 Å². The van der Waals surface area contributed by atoms with Crippen molar-refractivity contribution in [1.29, 1.82) is 0 Å². The third-order valence-electron chi connectivity index (χ3n) is 5.62. The van der Waals surface area contributed by atoms with Crippen LogP contribution in [0.15, 0.2) is 108 Å². The van der Waals surface area contributed by atoms with Crippen LogP contribution in [0.4, 0.5) is 0 Å². The highest BCUT2D eigenvalue weighted by Crippen LogP contribution is 2.29. The smallest absolute Gasteiger partial charge is 0.116 e. The van der Waals surface area contributed by atoms with E-state index in [0.717, 1.165) is 44.7 Å².